The third-order valence-electron chi connectivity index (χ3n) is 2.82. The Labute approximate surface area is 129 Å². The van der Waals surface area contributed by atoms with E-state index >= 15 is 0 Å². The Hall–Kier alpha value is -2.09. The van der Waals surface area contributed by atoms with Crippen LogP contribution in [0, 0.1) is 0 Å². The van der Waals surface area contributed by atoms with Gasteiger partial charge in [0.25, 0.3) is 0 Å². The quantitative estimate of drug-likeness (QED) is 0.731. The van der Waals surface area contributed by atoms with Crippen LogP contribution in [0.15, 0.2) is 23.1 Å². The maximum Gasteiger partial charge on any atom is 0.328 e. The molecule has 0 aliphatic carbocycles. The van der Waals surface area contributed by atoms with Gasteiger partial charge in [0.15, 0.2) is 9.84 Å². The first-order valence-electron chi connectivity index (χ1n) is 6.60. The zero-order chi connectivity index (χ0) is 16.9. The van der Waals surface area contributed by atoms with E-state index in [2.05, 4.69) is 5.32 Å². The molecular formula is C14H19NO6S. The summed E-state index contributed by atoms with van der Waals surface area (Å²) in [6.07, 6.45) is 0.949. The Morgan fingerprint density at radius 3 is 2.50 bits per heavy atom. The first kappa shape index (κ1) is 18.0. The van der Waals surface area contributed by atoms with E-state index in [-0.39, 0.29) is 23.7 Å². The minimum atomic E-state index is -3.59. The Morgan fingerprint density at radius 2 is 2.00 bits per heavy atom. The number of sulfone groups is 1. The molecule has 1 rings (SSSR count). The molecule has 1 amide bonds. The number of carbonyl (C=O) groups excluding carboxylic acids is 2. The molecule has 2 N–H and O–H groups in total. The van der Waals surface area contributed by atoms with E-state index in [9.17, 15) is 23.1 Å². The number of aromatic hydroxyl groups is 1. The van der Waals surface area contributed by atoms with Crippen LogP contribution >= 0.6 is 0 Å². The lowest BCUT2D eigenvalue weighted by Gasteiger charge is -2.18. The molecule has 0 radical (unpaired) electrons. The van der Waals surface area contributed by atoms with Gasteiger partial charge in [-0.05, 0) is 24.6 Å². The number of hydrogen-bond acceptors (Lipinski definition) is 6. The summed E-state index contributed by atoms with van der Waals surface area (Å²) in [5.41, 5.74) is 0.312. The molecule has 0 saturated heterocycles. The van der Waals surface area contributed by atoms with E-state index in [0.29, 0.717) is 5.56 Å². The maximum atomic E-state index is 11.9. The van der Waals surface area contributed by atoms with E-state index < -0.39 is 27.8 Å². The van der Waals surface area contributed by atoms with E-state index in [0.717, 1.165) is 12.3 Å². The Balaban J connectivity index is 3.18. The lowest BCUT2D eigenvalue weighted by Crippen LogP contribution is -2.42. The summed E-state index contributed by atoms with van der Waals surface area (Å²) in [5.74, 6) is -1.28. The smallest absolute Gasteiger partial charge is 0.328 e. The van der Waals surface area contributed by atoms with Crippen molar-refractivity contribution in [1.29, 1.82) is 0 Å². The molecule has 7 nitrogen and oxygen atoms in total. The minimum Gasteiger partial charge on any atom is -0.508 e. The fourth-order valence-corrected chi connectivity index (χ4v) is 2.92. The fraction of sp³-hybridized carbons (Fsp3) is 0.429. The van der Waals surface area contributed by atoms with Crippen molar-refractivity contribution in [1.82, 2.24) is 5.32 Å². The maximum absolute atomic E-state index is 11.9. The molecule has 1 atom stereocenters. The number of amides is 1. The van der Waals surface area contributed by atoms with Gasteiger partial charge in [0, 0.05) is 19.6 Å². The van der Waals surface area contributed by atoms with Crippen molar-refractivity contribution < 1.29 is 27.9 Å². The van der Waals surface area contributed by atoms with Gasteiger partial charge in [-0.1, -0.05) is 6.07 Å². The number of benzene rings is 1. The number of esters is 1. The third kappa shape index (κ3) is 5.03. The van der Waals surface area contributed by atoms with Crippen LogP contribution in [0.4, 0.5) is 0 Å². The highest BCUT2D eigenvalue weighted by atomic mass is 32.2. The van der Waals surface area contributed by atoms with Gasteiger partial charge in [-0.3, -0.25) is 4.79 Å². The van der Waals surface area contributed by atoms with Crippen molar-refractivity contribution in [2.75, 3.05) is 12.9 Å². The zero-order valence-electron chi connectivity index (χ0n) is 12.6. The largest absolute Gasteiger partial charge is 0.508 e. The monoisotopic (exact) mass is 329 g/mol. The van der Waals surface area contributed by atoms with Crippen molar-refractivity contribution >= 4 is 21.7 Å². The van der Waals surface area contributed by atoms with E-state index in [1.807, 2.05) is 0 Å². The number of phenolic OH excluding ortho intramolecular Hbond substituents is 1. The number of rotatable bonds is 6. The van der Waals surface area contributed by atoms with Crippen LogP contribution in [0.5, 0.6) is 5.75 Å². The van der Waals surface area contributed by atoms with Gasteiger partial charge in [0.05, 0.1) is 11.5 Å². The molecular weight excluding hydrogens is 310 g/mol. The molecule has 0 fully saturated rings. The summed E-state index contributed by atoms with van der Waals surface area (Å²) in [7, 11) is -3.59. The van der Waals surface area contributed by atoms with E-state index in [4.69, 9.17) is 4.74 Å². The fourth-order valence-electron chi connectivity index (χ4n) is 1.96. The molecule has 122 valence electrons. The molecule has 0 unspecified atom stereocenters. The molecule has 0 aliphatic heterocycles. The molecule has 1 aromatic carbocycles. The van der Waals surface area contributed by atoms with Crippen LogP contribution in [-0.2, 0) is 30.6 Å². The van der Waals surface area contributed by atoms with Gasteiger partial charge in [-0.15, -0.1) is 0 Å². The number of hydrogen-bond donors (Lipinski definition) is 2. The lowest BCUT2D eigenvalue weighted by atomic mass is 10.1. The van der Waals surface area contributed by atoms with Crippen molar-refractivity contribution in [3.63, 3.8) is 0 Å². The predicted octanol–water partition coefficient (Wildman–Crippen LogP) is 0.406. The van der Waals surface area contributed by atoms with Crippen LogP contribution in [0.3, 0.4) is 0 Å². The number of phenols is 1. The third-order valence-corrected chi connectivity index (χ3v) is 4.00. The van der Waals surface area contributed by atoms with Crippen LogP contribution < -0.4 is 5.32 Å². The van der Waals surface area contributed by atoms with Gasteiger partial charge in [-0.2, -0.15) is 0 Å². The second kappa shape index (κ2) is 7.26. The average Bonchev–Trinajstić information content (AvgIpc) is 2.38. The second-order valence-electron chi connectivity index (χ2n) is 4.77. The summed E-state index contributed by atoms with van der Waals surface area (Å²) < 4.78 is 28.5. The summed E-state index contributed by atoms with van der Waals surface area (Å²) in [4.78, 5) is 23.0. The van der Waals surface area contributed by atoms with E-state index in [1.54, 1.807) is 6.92 Å². The topological polar surface area (TPSA) is 110 Å². The molecule has 22 heavy (non-hydrogen) atoms. The van der Waals surface area contributed by atoms with Crippen LogP contribution in [0.1, 0.15) is 19.4 Å². The molecule has 0 bridgehead atoms. The van der Waals surface area contributed by atoms with Crippen molar-refractivity contribution in [2.24, 2.45) is 0 Å². The van der Waals surface area contributed by atoms with Gasteiger partial charge < -0.3 is 15.2 Å². The van der Waals surface area contributed by atoms with Crippen LogP contribution in [0.25, 0.3) is 0 Å². The Bertz CT molecular complexity index is 668. The first-order chi connectivity index (χ1) is 10.1. The summed E-state index contributed by atoms with van der Waals surface area (Å²) in [5, 5.41) is 11.9. The molecule has 8 heteroatoms. The molecule has 0 saturated carbocycles. The van der Waals surface area contributed by atoms with E-state index in [1.165, 1.54) is 19.1 Å². The Kier molecular flexibility index (Phi) is 5.92. The normalized spacial score (nSPS) is 12.5. The predicted molar refractivity (Wildman–Crippen MR) is 79.2 cm³/mol. The van der Waals surface area contributed by atoms with Gasteiger partial charge in [-0.25, -0.2) is 13.2 Å². The summed E-state index contributed by atoms with van der Waals surface area (Å²) >= 11 is 0. The first-order valence-corrected chi connectivity index (χ1v) is 8.50. The van der Waals surface area contributed by atoms with Gasteiger partial charge in [0.1, 0.15) is 11.8 Å². The average molecular weight is 329 g/mol. The SMILES string of the molecule is CCOC(=O)[C@H](Cc1ccc(O)cc1S(C)(=O)=O)NC(C)=O. The van der Waals surface area contributed by atoms with Crippen LogP contribution in [0.2, 0.25) is 0 Å². The molecule has 0 spiro atoms. The molecule has 0 aromatic heterocycles. The number of ether oxygens (including phenoxy) is 1. The Morgan fingerprint density at radius 1 is 1.36 bits per heavy atom. The van der Waals surface area contributed by atoms with Crippen LogP contribution in [-0.4, -0.2) is 44.3 Å². The summed E-state index contributed by atoms with van der Waals surface area (Å²) in [6, 6.07) is 2.84. The van der Waals surface area contributed by atoms with Crippen molar-refractivity contribution in [3.05, 3.63) is 23.8 Å². The molecule has 1 aromatic rings. The molecule has 0 aliphatic rings. The van der Waals surface area contributed by atoms with Crippen molar-refractivity contribution in [2.45, 2.75) is 31.2 Å². The van der Waals surface area contributed by atoms with Gasteiger partial charge >= 0.3 is 5.97 Å². The van der Waals surface area contributed by atoms with Crippen molar-refractivity contribution in [3.8, 4) is 5.75 Å². The van der Waals surface area contributed by atoms with Gasteiger partial charge in [0.2, 0.25) is 5.91 Å². The highest BCUT2D eigenvalue weighted by Gasteiger charge is 2.24. The summed E-state index contributed by atoms with van der Waals surface area (Å²) in [6.45, 7) is 3.02. The zero-order valence-corrected chi connectivity index (χ0v) is 13.4. The lowest BCUT2D eigenvalue weighted by molar-refractivity contribution is -0.147. The number of nitrogens with one attached hydrogen (secondary N) is 1. The second-order valence-corrected chi connectivity index (χ2v) is 6.76. The highest BCUT2D eigenvalue weighted by Crippen LogP contribution is 2.23. The minimum absolute atomic E-state index is 0.0545. The molecule has 0 heterocycles. The number of carbonyl (C=O) groups is 2. The highest BCUT2D eigenvalue weighted by molar-refractivity contribution is 7.90. The standard InChI is InChI=1S/C14H19NO6S/c1-4-21-14(18)12(15-9(2)16)7-10-5-6-11(17)8-13(10)22(3,19)20/h5-6,8,12,17H,4,7H2,1-3H3,(H,15,16)/t12-/m0/s1.